The summed E-state index contributed by atoms with van der Waals surface area (Å²) >= 11 is 0. The molecule has 0 heterocycles. The van der Waals surface area contributed by atoms with Crippen molar-refractivity contribution in [1.29, 1.82) is 0 Å². The Balaban J connectivity index is 2.22. The van der Waals surface area contributed by atoms with E-state index in [0.29, 0.717) is 6.61 Å². The lowest BCUT2D eigenvalue weighted by Gasteiger charge is -2.38. The van der Waals surface area contributed by atoms with Crippen molar-refractivity contribution in [2.45, 2.75) is 45.1 Å². The summed E-state index contributed by atoms with van der Waals surface area (Å²) in [5.41, 5.74) is 0.0374. The Kier molecular flexibility index (Phi) is 4.12. The zero-order valence-electron chi connectivity index (χ0n) is 12.1. The lowest BCUT2D eigenvalue weighted by Crippen LogP contribution is -2.49. The highest BCUT2D eigenvalue weighted by Crippen LogP contribution is 2.42. The van der Waals surface area contributed by atoms with Crippen LogP contribution in [-0.2, 0) is 19.7 Å². The Bertz CT molecular complexity index is 494. The van der Waals surface area contributed by atoms with Gasteiger partial charge in [-0.15, -0.1) is 0 Å². The predicted octanol–water partition coefficient (Wildman–Crippen LogP) is 2.64. The minimum atomic E-state index is -0.788. The molecule has 0 atom stereocenters. The Labute approximate surface area is 119 Å². The molecule has 0 bridgehead atoms. The molecule has 1 aromatic carbocycles. The SMILES string of the molecule is CCOC(=O)C1(c2ccc(OC(C)C)cc2)CC(=O)C1. The standard InChI is InChI=1S/C16H20O4/c1-4-19-15(18)16(9-13(17)10-16)12-5-7-14(8-6-12)20-11(2)3/h5-8,11H,4,9-10H2,1-3H3. The average molecular weight is 276 g/mol. The zero-order valence-corrected chi connectivity index (χ0v) is 12.1. The van der Waals surface area contributed by atoms with Crippen LogP contribution in [0.2, 0.25) is 0 Å². The van der Waals surface area contributed by atoms with E-state index in [-0.39, 0.29) is 30.7 Å². The van der Waals surface area contributed by atoms with Crippen LogP contribution in [0.4, 0.5) is 0 Å². The van der Waals surface area contributed by atoms with Gasteiger partial charge in [0.1, 0.15) is 16.9 Å². The first-order valence-electron chi connectivity index (χ1n) is 6.94. The molecule has 4 heteroatoms. The van der Waals surface area contributed by atoms with E-state index in [1.54, 1.807) is 6.92 Å². The van der Waals surface area contributed by atoms with Crippen LogP contribution in [-0.4, -0.2) is 24.5 Å². The maximum absolute atomic E-state index is 12.2. The highest BCUT2D eigenvalue weighted by Gasteiger charge is 2.52. The molecule has 1 aromatic rings. The van der Waals surface area contributed by atoms with Crippen LogP contribution in [0.5, 0.6) is 5.75 Å². The van der Waals surface area contributed by atoms with Gasteiger partial charge < -0.3 is 9.47 Å². The zero-order chi connectivity index (χ0) is 14.8. The summed E-state index contributed by atoms with van der Waals surface area (Å²) in [5, 5.41) is 0. The Hall–Kier alpha value is -1.84. The van der Waals surface area contributed by atoms with E-state index in [9.17, 15) is 9.59 Å². The Morgan fingerprint density at radius 2 is 1.85 bits per heavy atom. The van der Waals surface area contributed by atoms with Gasteiger partial charge in [-0.25, -0.2) is 0 Å². The number of hydrogen-bond donors (Lipinski definition) is 0. The van der Waals surface area contributed by atoms with Crippen molar-refractivity contribution in [2.75, 3.05) is 6.61 Å². The van der Waals surface area contributed by atoms with Gasteiger partial charge in [0.15, 0.2) is 0 Å². The molecule has 0 aliphatic heterocycles. The van der Waals surface area contributed by atoms with Crippen molar-refractivity contribution < 1.29 is 19.1 Å². The number of rotatable bonds is 5. The number of carbonyl (C=O) groups excluding carboxylic acids is 2. The molecule has 2 rings (SSSR count). The molecule has 0 aromatic heterocycles. The number of Topliss-reactive ketones (excluding diaryl/α,β-unsaturated/α-hetero) is 1. The van der Waals surface area contributed by atoms with E-state index in [0.717, 1.165) is 11.3 Å². The molecule has 1 fully saturated rings. The van der Waals surface area contributed by atoms with Gasteiger partial charge >= 0.3 is 5.97 Å². The van der Waals surface area contributed by atoms with Crippen molar-refractivity contribution in [1.82, 2.24) is 0 Å². The van der Waals surface area contributed by atoms with Crippen LogP contribution in [0.25, 0.3) is 0 Å². The third-order valence-corrected chi connectivity index (χ3v) is 3.44. The summed E-state index contributed by atoms with van der Waals surface area (Å²) in [7, 11) is 0. The fourth-order valence-electron chi connectivity index (χ4n) is 2.48. The lowest BCUT2D eigenvalue weighted by molar-refractivity contribution is -0.158. The summed E-state index contributed by atoms with van der Waals surface area (Å²) in [6, 6.07) is 7.36. The smallest absolute Gasteiger partial charge is 0.317 e. The first-order chi connectivity index (χ1) is 9.48. The van der Waals surface area contributed by atoms with Gasteiger partial charge in [0, 0.05) is 12.8 Å². The fraction of sp³-hybridized carbons (Fsp3) is 0.500. The molecule has 1 saturated carbocycles. The molecule has 20 heavy (non-hydrogen) atoms. The van der Waals surface area contributed by atoms with Crippen molar-refractivity contribution in [3.63, 3.8) is 0 Å². The minimum Gasteiger partial charge on any atom is -0.491 e. The van der Waals surface area contributed by atoms with Crippen LogP contribution in [0.1, 0.15) is 39.2 Å². The third kappa shape index (κ3) is 2.69. The van der Waals surface area contributed by atoms with Gasteiger partial charge in [-0.3, -0.25) is 9.59 Å². The predicted molar refractivity (Wildman–Crippen MR) is 74.8 cm³/mol. The van der Waals surface area contributed by atoms with Crippen molar-refractivity contribution in [3.8, 4) is 5.75 Å². The molecular weight excluding hydrogens is 256 g/mol. The van der Waals surface area contributed by atoms with Gasteiger partial charge in [0.25, 0.3) is 0 Å². The third-order valence-electron chi connectivity index (χ3n) is 3.44. The summed E-state index contributed by atoms with van der Waals surface area (Å²) < 4.78 is 10.7. The number of benzene rings is 1. The molecule has 0 N–H and O–H groups in total. The maximum Gasteiger partial charge on any atom is 0.317 e. The second-order valence-corrected chi connectivity index (χ2v) is 5.39. The molecule has 1 aliphatic rings. The molecular formula is C16H20O4. The quantitative estimate of drug-likeness (QED) is 0.776. The normalized spacial score (nSPS) is 16.7. The second-order valence-electron chi connectivity index (χ2n) is 5.39. The van der Waals surface area contributed by atoms with E-state index in [4.69, 9.17) is 9.47 Å². The van der Waals surface area contributed by atoms with Crippen LogP contribution in [0.15, 0.2) is 24.3 Å². The summed E-state index contributed by atoms with van der Waals surface area (Å²) in [4.78, 5) is 23.5. The molecule has 0 spiro atoms. The lowest BCUT2D eigenvalue weighted by atomic mass is 9.63. The number of ether oxygens (including phenoxy) is 2. The second kappa shape index (κ2) is 5.65. The molecule has 0 radical (unpaired) electrons. The number of carbonyl (C=O) groups is 2. The molecule has 0 amide bonds. The monoisotopic (exact) mass is 276 g/mol. The highest BCUT2D eigenvalue weighted by atomic mass is 16.5. The van der Waals surface area contributed by atoms with E-state index in [1.807, 2.05) is 38.1 Å². The molecule has 1 aliphatic carbocycles. The Morgan fingerprint density at radius 3 is 2.30 bits per heavy atom. The molecule has 4 nitrogen and oxygen atoms in total. The summed E-state index contributed by atoms with van der Waals surface area (Å²) in [6.07, 6.45) is 0.567. The summed E-state index contributed by atoms with van der Waals surface area (Å²) in [5.74, 6) is 0.547. The van der Waals surface area contributed by atoms with Gasteiger partial charge in [-0.05, 0) is 38.5 Å². The van der Waals surface area contributed by atoms with Gasteiger partial charge in [-0.2, -0.15) is 0 Å². The van der Waals surface area contributed by atoms with E-state index >= 15 is 0 Å². The maximum atomic E-state index is 12.2. The molecule has 0 unspecified atom stereocenters. The minimum absolute atomic E-state index is 0.0977. The molecule has 108 valence electrons. The topological polar surface area (TPSA) is 52.6 Å². The van der Waals surface area contributed by atoms with Gasteiger partial charge in [0.05, 0.1) is 12.7 Å². The van der Waals surface area contributed by atoms with E-state index < -0.39 is 5.41 Å². The van der Waals surface area contributed by atoms with Crippen LogP contribution in [0.3, 0.4) is 0 Å². The highest BCUT2D eigenvalue weighted by molar-refractivity contribution is 6.02. The van der Waals surface area contributed by atoms with Crippen molar-refractivity contribution in [2.24, 2.45) is 0 Å². The average Bonchev–Trinajstić information content (AvgIpc) is 2.35. The first kappa shape index (κ1) is 14.6. The van der Waals surface area contributed by atoms with Crippen molar-refractivity contribution >= 4 is 11.8 Å². The van der Waals surface area contributed by atoms with Crippen LogP contribution >= 0.6 is 0 Å². The van der Waals surface area contributed by atoms with Crippen molar-refractivity contribution in [3.05, 3.63) is 29.8 Å². The van der Waals surface area contributed by atoms with Crippen LogP contribution in [0, 0.1) is 0 Å². The number of ketones is 1. The number of esters is 1. The summed E-state index contributed by atoms with van der Waals surface area (Å²) in [6.45, 7) is 6.01. The van der Waals surface area contributed by atoms with Gasteiger partial charge in [0.2, 0.25) is 0 Å². The van der Waals surface area contributed by atoms with E-state index in [1.165, 1.54) is 0 Å². The Morgan fingerprint density at radius 1 is 1.25 bits per heavy atom. The largest absolute Gasteiger partial charge is 0.491 e. The first-order valence-corrected chi connectivity index (χ1v) is 6.94. The van der Waals surface area contributed by atoms with E-state index in [2.05, 4.69) is 0 Å². The number of hydrogen-bond acceptors (Lipinski definition) is 4. The van der Waals surface area contributed by atoms with Gasteiger partial charge in [-0.1, -0.05) is 12.1 Å². The molecule has 0 saturated heterocycles. The fourth-order valence-corrected chi connectivity index (χ4v) is 2.48. The van der Waals surface area contributed by atoms with Crippen LogP contribution < -0.4 is 4.74 Å².